The highest BCUT2D eigenvalue weighted by Gasteiger charge is 2.24. The molecule has 278 valence electrons. The molecule has 11 rings (SSSR count). The maximum absolute atomic E-state index is 7.05. The van der Waals surface area contributed by atoms with Crippen molar-refractivity contribution in [3.63, 3.8) is 0 Å². The lowest BCUT2D eigenvalue weighted by Crippen LogP contribution is -2.00. The van der Waals surface area contributed by atoms with Crippen molar-refractivity contribution in [3.05, 3.63) is 194 Å². The first-order valence-corrected chi connectivity index (χ1v) is 19.8. The minimum atomic E-state index is 0.576. The predicted octanol–water partition coefficient (Wildman–Crippen LogP) is 14.4. The Morgan fingerprint density at radius 3 is 1.81 bits per heavy atom. The van der Waals surface area contributed by atoms with Gasteiger partial charge in [0.05, 0.1) is 22.1 Å². The molecule has 0 unspecified atom stereocenters. The maximum Gasteiger partial charge on any atom is 0.164 e. The van der Waals surface area contributed by atoms with Crippen LogP contribution < -0.4 is 0 Å². The number of fused-ring (bicyclic) bond motifs is 8. The number of hydrogen-bond acceptors (Lipinski definition) is 4. The molecule has 59 heavy (non-hydrogen) atoms. The van der Waals surface area contributed by atoms with Crippen molar-refractivity contribution in [3.8, 4) is 51.0 Å². The van der Waals surface area contributed by atoms with Gasteiger partial charge in [0.15, 0.2) is 17.5 Å². The van der Waals surface area contributed by atoms with E-state index in [9.17, 15) is 0 Å². The van der Waals surface area contributed by atoms with Crippen LogP contribution >= 0.6 is 0 Å². The fourth-order valence-corrected chi connectivity index (χ4v) is 8.67. The molecule has 0 N–H and O–H groups in total. The maximum atomic E-state index is 7.05. The Morgan fingerprint density at radius 1 is 0.525 bits per heavy atom. The van der Waals surface area contributed by atoms with E-state index in [2.05, 4.69) is 133 Å². The third-order valence-corrected chi connectivity index (χ3v) is 11.3. The topological polar surface area (TPSA) is 56.7 Å². The molecule has 0 aliphatic carbocycles. The molecule has 5 nitrogen and oxygen atoms in total. The summed E-state index contributed by atoms with van der Waals surface area (Å²) >= 11 is 0. The molecule has 0 saturated carbocycles. The highest BCUT2D eigenvalue weighted by Crippen LogP contribution is 2.45. The molecule has 0 saturated heterocycles. The van der Waals surface area contributed by atoms with E-state index in [1.165, 1.54) is 21.5 Å². The van der Waals surface area contributed by atoms with Crippen LogP contribution in [0.15, 0.2) is 187 Å². The van der Waals surface area contributed by atoms with Gasteiger partial charge >= 0.3 is 0 Å². The lowest BCUT2D eigenvalue weighted by Gasteiger charge is -2.13. The zero-order valence-corrected chi connectivity index (χ0v) is 32.3. The van der Waals surface area contributed by atoms with Gasteiger partial charge in [0, 0.05) is 38.4 Å². The average molecular weight is 757 g/mol. The largest absolute Gasteiger partial charge is 0.455 e. The van der Waals surface area contributed by atoms with Gasteiger partial charge < -0.3 is 8.98 Å². The summed E-state index contributed by atoms with van der Waals surface area (Å²) in [5.74, 6) is 1.81. The quantitative estimate of drug-likeness (QED) is 0.162. The zero-order chi connectivity index (χ0) is 39.5. The second-order valence-corrected chi connectivity index (χ2v) is 14.7. The molecule has 3 heterocycles. The lowest BCUT2D eigenvalue weighted by molar-refractivity contribution is 0.670. The summed E-state index contributed by atoms with van der Waals surface area (Å²) in [7, 11) is 0. The molecule has 0 radical (unpaired) electrons. The second-order valence-electron chi connectivity index (χ2n) is 14.7. The summed E-state index contributed by atoms with van der Waals surface area (Å²) in [5.41, 5.74) is 11.9. The Bertz CT molecular complexity index is 3400. The highest BCUT2D eigenvalue weighted by atomic mass is 16.3. The Hall–Kier alpha value is -7.89. The van der Waals surface area contributed by atoms with Crippen LogP contribution in [0, 0.1) is 0 Å². The van der Waals surface area contributed by atoms with E-state index >= 15 is 0 Å². The normalized spacial score (nSPS) is 11.8. The Labute approximate surface area is 340 Å². The zero-order valence-electron chi connectivity index (χ0n) is 32.3. The van der Waals surface area contributed by atoms with E-state index in [0.717, 1.165) is 77.6 Å². The van der Waals surface area contributed by atoms with Crippen molar-refractivity contribution in [2.45, 2.75) is 6.92 Å². The minimum Gasteiger partial charge on any atom is -0.455 e. The molecule has 0 fully saturated rings. The van der Waals surface area contributed by atoms with E-state index in [-0.39, 0.29) is 0 Å². The van der Waals surface area contributed by atoms with Crippen molar-refractivity contribution < 1.29 is 4.42 Å². The standard InChI is InChI=1S/C54H36N4O/c1-3-16-40-34(4-2)26-30-44-48(40)49-41-24-15-14-19-36(41)27-31-45(49)58(44)46-32-29-42(35-17-8-5-9-18-35)51-50(46)43-28-25-39(33-47(43)59-51)54-56-52(37-20-10-6-11-21-37)55-53(57-54)38-22-12-7-13-23-38/h3-33H,2H2,1H3/b16-3-. The highest BCUT2D eigenvalue weighted by molar-refractivity contribution is 6.25. The summed E-state index contributed by atoms with van der Waals surface area (Å²) in [6.07, 6.45) is 6.28. The average Bonchev–Trinajstić information content (AvgIpc) is 3.86. The fourth-order valence-electron chi connectivity index (χ4n) is 8.67. The first kappa shape index (κ1) is 34.4. The van der Waals surface area contributed by atoms with Gasteiger partial charge in [-0.2, -0.15) is 0 Å². The van der Waals surface area contributed by atoms with Crippen LogP contribution in [0.25, 0.3) is 118 Å². The summed E-state index contributed by atoms with van der Waals surface area (Å²) < 4.78 is 9.47. The Balaban J connectivity index is 1.21. The van der Waals surface area contributed by atoms with Crippen molar-refractivity contribution in [2.75, 3.05) is 0 Å². The monoisotopic (exact) mass is 756 g/mol. The molecule has 8 aromatic carbocycles. The van der Waals surface area contributed by atoms with E-state index < -0.39 is 0 Å². The summed E-state index contributed by atoms with van der Waals surface area (Å²) in [5, 5.41) is 6.85. The minimum absolute atomic E-state index is 0.576. The van der Waals surface area contributed by atoms with Crippen molar-refractivity contribution in [2.24, 2.45) is 0 Å². The van der Waals surface area contributed by atoms with Gasteiger partial charge in [0.1, 0.15) is 11.2 Å². The number of furan rings is 1. The number of hydrogen-bond donors (Lipinski definition) is 0. The van der Waals surface area contributed by atoms with Gasteiger partial charge in [-0.25, -0.2) is 15.0 Å². The molecular weight excluding hydrogens is 721 g/mol. The molecule has 11 aromatic rings. The van der Waals surface area contributed by atoms with Gasteiger partial charge in [-0.1, -0.05) is 158 Å². The molecule has 0 aliphatic heterocycles. The van der Waals surface area contributed by atoms with Crippen LogP contribution in [0.2, 0.25) is 0 Å². The number of nitrogens with zero attached hydrogens (tertiary/aromatic N) is 4. The third kappa shape index (κ3) is 5.58. The van der Waals surface area contributed by atoms with Gasteiger partial charge in [-0.05, 0) is 70.8 Å². The van der Waals surface area contributed by atoms with Gasteiger partial charge in [0.25, 0.3) is 0 Å². The summed E-state index contributed by atoms with van der Waals surface area (Å²) in [4.78, 5) is 15.0. The van der Waals surface area contributed by atoms with Gasteiger partial charge in [-0.3, -0.25) is 0 Å². The summed E-state index contributed by atoms with van der Waals surface area (Å²) in [6.45, 7) is 6.27. The molecule has 0 amide bonds. The number of aromatic nitrogens is 4. The molecule has 0 atom stereocenters. The van der Waals surface area contributed by atoms with Crippen molar-refractivity contribution in [1.82, 2.24) is 19.5 Å². The van der Waals surface area contributed by atoms with E-state index in [1.807, 2.05) is 72.8 Å². The number of allylic oxidation sites excluding steroid dienone is 1. The van der Waals surface area contributed by atoms with E-state index in [0.29, 0.717) is 17.5 Å². The van der Waals surface area contributed by atoms with Crippen LogP contribution in [0.4, 0.5) is 0 Å². The third-order valence-electron chi connectivity index (χ3n) is 11.3. The van der Waals surface area contributed by atoms with Crippen LogP contribution in [0.5, 0.6) is 0 Å². The SMILES string of the molecule is C=Cc1ccc2c(c1/C=C\C)c1c3ccccc3ccc1n2-c1ccc(-c2ccccc2)c2oc3cc(-c4nc(-c5ccccc5)nc(-c5ccccc5)n4)ccc3c12. The molecular formula is C54H36N4O. The predicted molar refractivity (Wildman–Crippen MR) is 245 cm³/mol. The molecule has 3 aromatic heterocycles. The Morgan fingerprint density at radius 2 is 1.14 bits per heavy atom. The van der Waals surface area contributed by atoms with Crippen molar-refractivity contribution >= 4 is 66.7 Å². The van der Waals surface area contributed by atoms with Crippen molar-refractivity contribution in [1.29, 1.82) is 0 Å². The molecule has 5 heteroatoms. The van der Waals surface area contributed by atoms with Crippen LogP contribution in [-0.4, -0.2) is 19.5 Å². The first-order valence-electron chi connectivity index (χ1n) is 19.8. The number of rotatable bonds is 7. The first-order chi connectivity index (χ1) is 29.2. The van der Waals surface area contributed by atoms with E-state index in [4.69, 9.17) is 19.4 Å². The Kier molecular flexibility index (Phi) is 8.12. The smallest absolute Gasteiger partial charge is 0.164 e. The van der Waals surface area contributed by atoms with Crippen LogP contribution in [-0.2, 0) is 0 Å². The van der Waals surface area contributed by atoms with Gasteiger partial charge in [0.2, 0.25) is 0 Å². The lowest BCUT2D eigenvalue weighted by atomic mass is 9.97. The van der Waals surface area contributed by atoms with Crippen LogP contribution in [0.3, 0.4) is 0 Å². The van der Waals surface area contributed by atoms with Crippen LogP contribution in [0.1, 0.15) is 18.1 Å². The molecule has 0 spiro atoms. The second kappa shape index (κ2) is 13.9. The molecule has 0 bridgehead atoms. The fraction of sp³-hybridized carbons (Fsp3) is 0.0185. The van der Waals surface area contributed by atoms with E-state index in [1.54, 1.807) is 0 Å². The van der Waals surface area contributed by atoms with Gasteiger partial charge in [-0.15, -0.1) is 0 Å². The molecule has 0 aliphatic rings. The number of benzene rings is 8. The summed E-state index contributed by atoms with van der Waals surface area (Å²) in [6, 6.07) is 59.0.